The average Bonchev–Trinajstić information content (AvgIpc) is 2.44. The molecule has 0 saturated carbocycles. The van der Waals surface area contributed by atoms with Crippen molar-refractivity contribution < 1.29 is 4.79 Å². The standard InChI is InChI=1S/C15H14N2O/c1-17-13-10-6-5-9-12(13)15(18)16-14(17)11-7-3-2-4-8-11/h2-10,14H,1H3,(H,16,18)/t14-/m1/s1. The molecule has 0 aromatic heterocycles. The number of anilines is 1. The quantitative estimate of drug-likeness (QED) is 0.828. The van der Waals surface area contributed by atoms with Crippen molar-refractivity contribution in [2.45, 2.75) is 6.17 Å². The number of carbonyl (C=O) groups is 1. The number of benzene rings is 2. The van der Waals surface area contributed by atoms with E-state index in [4.69, 9.17) is 0 Å². The minimum atomic E-state index is -0.103. The van der Waals surface area contributed by atoms with Crippen molar-refractivity contribution in [3.05, 3.63) is 65.7 Å². The van der Waals surface area contributed by atoms with Crippen molar-refractivity contribution in [1.82, 2.24) is 5.32 Å². The number of rotatable bonds is 1. The first-order valence-corrected chi connectivity index (χ1v) is 5.95. The van der Waals surface area contributed by atoms with Crippen molar-refractivity contribution in [2.75, 3.05) is 11.9 Å². The molecule has 90 valence electrons. The maximum absolute atomic E-state index is 12.1. The lowest BCUT2D eigenvalue weighted by molar-refractivity contribution is 0.0928. The van der Waals surface area contributed by atoms with Gasteiger partial charge in [-0.2, -0.15) is 0 Å². The summed E-state index contributed by atoms with van der Waals surface area (Å²) in [6, 6.07) is 17.6. The van der Waals surface area contributed by atoms with Crippen LogP contribution in [0.15, 0.2) is 54.6 Å². The van der Waals surface area contributed by atoms with E-state index >= 15 is 0 Å². The number of para-hydroxylation sites is 1. The highest BCUT2D eigenvalue weighted by atomic mass is 16.2. The molecule has 18 heavy (non-hydrogen) atoms. The normalized spacial score (nSPS) is 18.2. The van der Waals surface area contributed by atoms with Gasteiger partial charge in [0.25, 0.3) is 5.91 Å². The van der Waals surface area contributed by atoms with Gasteiger partial charge < -0.3 is 10.2 Å². The van der Waals surface area contributed by atoms with Crippen LogP contribution in [0.2, 0.25) is 0 Å². The summed E-state index contributed by atoms with van der Waals surface area (Å²) in [5.74, 6) is -0.0162. The van der Waals surface area contributed by atoms with Gasteiger partial charge in [0.2, 0.25) is 0 Å². The third-order valence-corrected chi connectivity index (χ3v) is 3.30. The van der Waals surface area contributed by atoms with Crippen molar-refractivity contribution in [1.29, 1.82) is 0 Å². The minimum absolute atomic E-state index is 0.0162. The van der Waals surface area contributed by atoms with Crippen LogP contribution >= 0.6 is 0 Å². The van der Waals surface area contributed by atoms with Crippen LogP contribution in [-0.2, 0) is 0 Å². The Balaban J connectivity index is 2.05. The third kappa shape index (κ3) is 1.64. The van der Waals surface area contributed by atoms with Crippen molar-refractivity contribution in [3.8, 4) is 0 Å². The number of hydrogen-bond acceptors (Lipinski definition) is 2. The number of nitrogens with one attached hydrogen (secondary N) is 1. The Bertz CT molecular complexity index is 580. The largest absolute Gasteiger partial charge is 0.350 e. The number of carbonyl (C=O) groups excluding carboxylic acids is 1. The van der Waals surface area contributed by atoms with Crippen LogP contribution in [0.3, 0.4) is 0 Å². The van der Waals surface area contributed by atoms with Gasteiger partial charge in [0.05, 0.1) is 11.3 Å². The molecule has 1 aliphatic heterocycles. The summed E-state index contributed by atoms with van der Waals surface area (Å²) in [5, 5.41) is 3.03. The highest BCUT2D eigenvalue weighted by molar-refractivity contribution is 6.01. The lowest BCUT2D eigenvalue weighted by Crippen LogP contribution is -2.44. The SMILES string of the molecule is CN1c2ccccc2C(=O)N[C@H]1c1ccccc1. The summed E-state index contributed by atoms with van der Waals surface area (Å²) in [6.45, 7) is 0. The van der Waals surface area contributed by atoms with E-state index in [1.807, 2.05) is 61.6 Å². The predicted molar refractivity (Wildman–Crippen MR) is 71.5 cm³/mol. The van der Waals surface area contributed by atoms with Crippen LogP contribution in [0, 0.1) is 0 Å². The van der Waals surface area contributed by atoms with Crippen LogP contribution < -0.4 is 10.2 Å². The van der Waals surface area contributed by atoms with E-state index in [-0.39, 0.29) is 12.1 Å². The van der Waals surface area contributed by atoms with E-state index in [0.29, 0.717) is 0 Å². The third-order valence-electron chi connectivity index (χ3n) is 3.30. The zero-order chi connectivity index (χ0) is 12.5. The average molecular weight is 238 g/mol. The Morgan fingerprint density at radius 1 is 1.00 bits per heavy atom. The molecule has 0 radical (unpaired) electrons. The molecule has 1 aliphatic rings. The van der Waals surface area contributed by atoms with E-state index in [0.717, 1.165) is 16.8 Å². The van der Waals surface area contributed by atoms with E-state index < -0.39 is 0 Å². The van der Waals surface area contributed by atoms with Gasteiger partial charge in [-0.25, -0.2) is 0 Å². The summed E-state index contributed by atoms with van der Waals surface area (Å²) >= 11 is 0. The van der Waals surface area contributed by atoms with Crippen LogP contribution in [0.4, 0.5) is 5.69 Å². The molecule has 1 atom stereocenters. The smallest absolute Gasteiger partial charge is 0.255 e. The fourth-order valence-electron chi connectivity index (χ4n) is 2.35. The van der Waals surface area contributed by atoms with Gasteiger partial charge in [0.1, 0.15) is 6.17 Å². The molecule has 0 aliphatic carbocycles. The zero-order valence-corrected chi connectivity index (χ0v) is 10.1. The van der Waals surface area contributed by atoms with Crippen molar-refractivity contribution in [3.63, 3.8) is 0 Å². The van der Waals surface area contributed by atoms with Crippen LogP contribution in [0.25, 0.3) is 0 Å². The van der Waals surface area contributed by atoms with Gasteiger partial charge in [-0.1, -0.05) is 42.5 Å². The molecule has 1 heterocycles. The van der Waals surface area contributed by atoms with Crippen molar-refractivity contribution in [2.24, 2.45) is 0 Å². The predicted octanol–water partition coefficient (Wildman–Crippen LogP) is 2.57. The fourth-order valence-corrected chi connectivity index (χ4v) is 2.35. The second-order valence-corrected chi connectivity index (χ2v) is 4.41. The monoisotopic (exact) mass is 238 g/mol. The lowest BCUT2D eigenvalue weighted by Gasteiger charge is -2.36. The summed E-state index contributed by atoms with van der Waals surface area (Å²) < 4.78 is 0. The van der Waals surface area contributed by atoms with Crippen LogP contribution in [-0.4, -0.2) is 13.0 Å². The molecular weight excluding hydrogens is 224 g/mol. The molecule has 2 aromatic carbocycles. The molecule has 1 amide bonds. The Hall–Kier alpha value is -2.29. The number of hydrogen-bond donors (Lipinski definition) is 1. The molecule has 0 spiro atoms. The minimum Gasteiger partial charge on any atom is -0.350 e. The molecule has 2 aromatic rings. The van der Waals surface area contributed by atoms with E-state index in [1.165, 1.54) is 0 Å². The lowest BCUT2D eigenvalue weighted by atomic mass is 10.0. The van der Waals surface area contributed by atoms with Gasteiger partial charge in [-0.15, -0.1) is 0 Å². The maximum atomic E-state index is 12.1. The van der Waals surface area contributed by atoms with Crippen LogP contribution in [0.1, 0.15) is 22.1 Å². The Morgan fingerprint density at radius 2 is 1.67 bits per heavy atom. The topological polar surface area (TPSA) is 32.3 Å². The molecule has 3 nitrogen and oxygen atoms in total. The number of fused-ring (bicyclic) bond motifs is 1. The zero-order valence-electron chi connectivity index (χ0n) is 10.1. The van der Waals surface area contributed by atoms with E-state index in [9.17, 15) is 4.79 Å². The van der Waals surface area contributed by atoms with Gasteiger partial charge in [0, 0.05) is 7.05 Å². The van der Waals surface area contributed by atoms with Gasteiger partial charge >= 0.3 is 0 Å². The first-order valence-electron chi connectivity index (χ1n) is 5.95. The van der Waals surface area contributed by atoms with E-state index in [2.05, 4.69) is 10.2 Å². The van der Waals surface area contributed by atoms with Gasteiger partial charge in [-0.3, -0.25) is 4.79 Å². The highest BCUT2D eigenvalue weighted by Crippen LogP contribution is 2.31. The summed E-state index contributed by atoms with van der Waals surface area (Å²) in [5.41, 5.74) is 2.78. The molecule has 3 rings (SSSR count). The number of amides is 1. The molecule has 0 saturated heterocycles. The Morgan fingerprint density at radius 3 is 2.44 bits per heavy atom. The summed E-state index contributed by atoms with van der Waals surface area (Å²) in [6.07, 6.45) is -0.103. The molecule has 0 bridgehead atoms. The Labute approximate surface area is 106 Å². The molecule has 0 unspecified atom stereocenters. The summed E-state index contributed by atoms with van der Waals surface area (Å²) in [7, 11) is 2.00. The van der Waals surface area contributed by atoms with Crippen LogP contribution in [0.5, 0.6) is 0 Å². The van der Waals surface area contributed by atoms with Crippen molar-refractivity contribution >= 4 is 11.6 Å². The molecular formula is C15H14N2O. The first-order chi connectivity index (χ1) is 8.77. The maximum Gasteiger partial charge on any atom is 0.255 e. The molecule has 0 fully saturated rings. The van der Waals surface area contributed by atoms with Gasteiger partial charge in [0.15, 0.2) is 0 Å². The van der Waals surface area contributed by atoms with E-state index in [1.54, 1.807) is 0 Å². The molecule has 3 heteroatoms. The van der Waals surface area contributed by atoms with Gasteiger partial charge in [-0.05, 0) is 17.7 Å². The molecule has 1 N–H and O–H groups in total. The second-order valence-electron chi connectivity index (χ2n) is 4.41. The first kappa shape index (κ1) is 10.8. The second kappa shape index (κ2) is 4.18. The Kier molecular flexibility index (Phi) is 2.52. The fraction of sp³-hybridized carbons (Fsp3) is 0.133. The highest BCUT2D eigenvalue weighted by Gasteiger charge is 2.28. The summed E-state index contributed by atoms with van der Waals surface area (Å²) in [4.78, 5) is 14.2. The number of nitrogens with zero attached hydrogens (tertiary/aromatic N) is 1.